The average molecular weight is 377 g/mol. The molecule has 8 heteroatoms. The molecule has 0 spiro atoms. The number of aromatic nitrogens is 2. The highest BCUT2D eigenvalue weighted by Gasteiger charge is 2.24. The van der Waals surface area contributed by atoms with Crippen LogP contribution < -0.4 is 4.72 Å². The van der Waals surface area contributed by atoms with Gasteiger partial charge in [0.1, 0.15) is 10.6 Å². The van der Waals surface area contributed by atoms with Crippen LogP contribution in [0.2, 0.25) is 0 Å². The zero-order chi connectivity index (χ0) is 17.7. The molecule has 0 saturated carbocycles. The number of nitrogens with zero attached hydrogens (tertiary/aromatic N) is 2. The molecule has 3 rings (SSSR count). The molecule has 0 radical (unpaired) electrons. The van der Waals surface area contributed by atoms with E-state index in [1.165, 1.54) is 18.4 Å². The van der Waals surface area contributed by atoms with Crippen molar-refractivity contribution in [2.75, 3.05) is 20.3 Å². The van der Waals surface area contributed by atoms with Gasteiger partial charge in [0.25, 0.3) is 0 Å². The number of hydrogen-bond acceptors (Lipinski definition) is 5. The van der Waals surface area contributed by atoms with E-state index in [4.69, 9.17) is 4.74 Å². The molecule has 1 aromatic carbocycles. The smallest absolute Gasteiger partial charge is 0.244 e. The van der Waals surface area contributed by atoms with E-state index in [1.807, 2.05) is 47.8 Å². The minimum Gasteiger partial charge on any atom is -0.383 e. The lowest BCUT2D eigenvalue weighted by atomic mass is 10.2. The molecular formula is C17H19N3O3S2. The standard InChI is InChI=1S/C17H19N3O3S2/c1-23-10-9-18-25(21,22)16-13-20(12-14-6-3-2-4-7-14)19-17(16)15-8-5-11-24-15/h2-8,11,13,18H,9-10,12H2,1H3. The van der Waals surface area contributed by atoms with E-state index < -0.39 is 10.0 Å². The molecule has 2 aromatic heterocycles. The lowest BCUT2D eigenvalue weighted by Gasteiger charge is -2.05. The molecule has 0 aliphatic rings. The number of thiophene rings is 1. The van der Waals surface area contributed by atoms with Crippen LogP contribution in [-0.4, -0.2) is 38.5 Å². The van der Waals surface area contributed by atoms with Crippen LogP contribution >= 0.6 is 11.3 Å². The van der Waals surface area contributed by atoms with Gasteiger partial charge in [-0.05, 0) is 17.0 Å². The Balaban J connectivity index is 1.95. The fourth-order valence-electron chi connectivity index (χ4n) is 2.39. The van der Waals surface area contributed by atoms with Gasteiger partial charge in [-0.15, -0.1) is 11.3 Å². The minimum absolute atomic E-state index is 0.182. The summed E-state index contributed by atoms with van der Waals surface area (Å²) in [6.07, 6.45) is 1.58. The molecule has 1 N–H and O–H groups in total. The molecule has 0 aliphatic heterocycles. The van der Waals surface area contributed by atoms with E-state index >= 15 is 0 Å². The highest BCUT2D eigenvalue weighted by atomic mass is 32.2. The number of rotatable bonds is 8. The summed E-state index contributed by atoms with van der Waals surface area (Å²) in [5, 5.41) is 6.42. The van der Waals surface area contributed by atoms with Crippen LogP contribution in [0, 0.1) is 0 Å². The second kappa shape index (κ2) is 7.92. The summed E-state index contributed by atoms with van der Waals surface area (Å²) in [6.45, 7) is 1.03. The fraction of sp³-hybridized carbons (Fsp3) is 0.235. The van der Waals surface area contributed by atoms with Crippen LogP contribution in [0.4, 0.5) is 0 Å². The Labute approximate surface area is 151 Å². The third kappa shape index (κ3) is 4.35. The van der Waals surface area contributed by atoms with Crippen molar-refractivity contribution in [1.29, 1.82) is 0 Å². The third-order valence-corrected chi connectivity index (χ3v) is 5.90. The second-order valence-electron chi connectivity index (χ2n) is 5.39. The van der Waals surface area contributed by atoms with Gasteiger partial charge < -0.3 is 4.74 Å². The largest absolute Gasteiger partial charge is 0.383 e. The molecule has 2 heterocycles. The Morgan fingerprint density at radius 2 is 2.00 bits per heavy atom. The summed E-state index contributed by atoms with van der Waals surface area (Å²) in [5.74, 6) is 0. The van der Waals surface area contributed by atoms with Crippen molar-refractivity contribution in [2.24, 2.45) is 0 Å². The molecule has 0 unspecified atom stereocenters. The van der Waals surface area contributed by atoms with Crippen LogP contribution in [0.15, 0.2) is 58.9 Å². The van der Waals surface area contributed by atoms with Crippen molar-refractivity contribution in [3.63, 3.8) is 0 Å². The van der Waals surface area contributed by atoms with Gasteiger partial charge in [-0.3, -0.25) is 4.68 Å². The first-order valence-corrected chi connectivity index (χ1v) is 10.1. The van der Waals surface area contributed by atoms with Crippen LogP contribution in [-0.2, 0) is 21.3 Å². The number of sulfonamides is 1. The van der Waals surface area contributed by atoms with Crippen molar-refractivity contribution < 1.29 is 13.2 Å². The Hall–Kier alpha value is -2.00. The first-order chi connectivity index (χ1) is 12.1. The van der Waals surface area contributed by atoms with Crippen LogP contribution in [0.3, 0.4) is 0 Å². The van der Waals surface area contributed by atoms with E-state index in [2.05, 4.69) is 9.82 Å². The van der Waals surface area contributed by atoms with Crippen molar-refractivity contribution >= 4 is 21.4 Å². The van der Waals surface area contributed by atoms with Gasteiger partial charge in [0.15, 0.2) is 0 Å². The van der Waals surface area contributed by atoms with Gasteiger partial charge >= 0.3 is 0 Å². The zero-order valence-corrected chi connectivity index (χ0v) is 15.4. The number of benzene rings is 1. The van der Waals surface area contributed by atoms with Crippen molar-refractivity contribution in [1.82, 2.24) is 14.5 Å². The maximum absolute atomic E-state index is 12.7. The number of methoxy groups -OCH3 is 1. The van der Waals surface area contributed by atoms with Gasteiger partial charge in [-0.2, -0.15) is 5.10 Å². The van der Waals surface area contributed by atoms with E-state index in [9.17, 15) is 8.42 Å². The number of hydrogen-bond donors (Lipinski definition) is 1. The SMILES string of the molecule is COCCNS(=O)(=O)c1cn(Cc2ccccc2)nc1-c1cccs1. The Morgan fingerprint density at radius 1 is 1.20 bits per heavy atom. The van der Waals surface area contributed by atoms with Crippen molar-refractivity contribution in [3.8, 4) is 10.6 Å². The summed E-state index contributed by atoms with van der Waals surface area (Å²) < 4.78 is 34.5. The van der Waals surface area contributed by atoms with Gasteiger partial charge in [0, 0.05) is 19.9 Å². The number of ether oxygens (including phenoxy) is 1. The van der Waals surface area contributed by atoms with Gasteiger partial charge in [0.2, 0.25) is 10.0 Å². The van der Waals surface area contributed by atoms with E-state index in [0.717, 1.165) is 10.4 Å². The predicted octanol–water partition coefficient (Wildman–Crippen LogP) is 2.58. The van der Waals surface area contributed by atoms with Crippen molar-refractivity contribution in [2.45, 2.75) is 11.4 Å². The molecule has 3 aromatic rings. The highest BCUT2D eigenvalue weighted by Crippen LogP contribution is 2.29. The summed E-state index contributed by atoms with van der Waals surface area (Å²) in [6, 6.07) is 13.6. The molecule has 6 nitrogen and oxygen atoms in total. The summed E-state index contributed by atoms with van der Waals surface area (Å²) in [5.41, 5.74) is 1.52. The lowest BCUT2D eigenvalue weighted by Crippen LogP contribution is -2.27. The molecule has 0 aliphatic carbocycles. The topological polar surface area (TPSA) is 73.2 Å². The molecule has 0 fully saturated rings. The van der Waals surface area contributed by atoms with E-state index in [0.29, 0.717) is 18.8 Å². The summed E-state index contributed by atoms with van der Waals surface area (Å²) >= 11 is 1.46. The Bertz CT molecular complexity index is 904. The first-order valence-electron chi connectivity index (χ1n) is 7.74. The van der Waals surface area contributed by atoms with Gasteiger partial charge in [0.05, 0.1) is 18.0 Å². The number of nitrogens with one attached hydrogen (secondary N) is 1. The Kier molecular flexibility index (Phi) is 5.64. The Morgan fingerprint density at radius 3 is 2.68 bits per heavy atom. The quantitative estimate of drug-likeness (QED) is 0.613. The monoisotopic (exact) mass is 377 g/mol. The maximum Gasteiger partial charge on any atom is 0.244 e. The van der Waals surface area contributed by atoms with E-state index in [1.54, 1.807) is 10.9 Å². The summed E-state index contributed by atoms with van der Waals surface area (Å²) in [4.78, 5) is 1.00. The lowest BCUT2D eigenvalue weighted by molar-refractivity contribution is 0.204. The minimum atomic E-state index is -3.67. The zero-order valence-electron chi connectivity index (χ0n) is 13.8. The molecule has 25 heavy (non-hydrogen) atoms. The summed E-state index contributed by atoms with van der Waals surface area (Å²) in [7, 11) is -2.14. The van der Waals surface area contributed by atoms with Crippen molar-refractivity contribution in [3.05, 3.63) is 59.6 Å². The van der Waals surface area contributed by atoms with Crippen LogP contribution in [0.5, 0.6) is 0 Å². The molecule has 0 amide bonds. The maximum atomic E-state index is 12.7. The van der Waals surface area contributed by atoms with E-state index in [-0.39, 0.29) is 11.4 Å². The molecule has 0 atom stereocenters. The predicted molar refractivity (Wildman–Crippen MR) is 98.1 cm³/mol. The fourth-order valence-corrected chi connectivity index (χ4v) is 4.35. The molecule has 132 valence electrons. The normalized spacial score (nSPS) is 11.7. The van der Waals surface area contributed by atoms with Gasteiger partial charge in [-0.1, -0.05) is 36.4 Å². The third-order valence-electron chi connectivity index (χ3n) is 3.56. The van der Waals surface area contributed by atoms with Crippen LogP contribution in [0.1, 0.15) is 5.56 Å². The molecular weight excluding hydrogens is 358 g/mol. The van der Waals surface area contributed by atoms with Crippen LogP contribution in [0.25, 0.3) is 10.6 Å². The molecule has 0 saturated heterocycles. The van der Waals surface area contributed by atoms with Gasteiger partial charge in [-0.25, -0.2) is 13.1 Å². The first kappa shape index (κ1) is 17.8. The second-order valence-corrected chi connectivity index (χ2v) is 8.08. The average Bonchev–Trinajstić information content (AvgIpc) is 3.25. The highest BCUT2D eigenvalue weighted by molar-refractivity contribution is 7.89. The molecule has 0 bridgehead atoms.